The molecule has 2 saturated heterocycles. The van der Waals surface area contributed by atoms with Crippen LogP contribution in [0, 0.1) is 5.92 Å². The van der Waals surface area contributed by atoms with Gasteiger partial charge in [0, 0.05) is 19.3 Å². The van der Waals surface area contributed by atoms with Gasteiger partial charge in [-0.05, 0) is 60.7 Å². The van der Waals surface area contributed by atoms with Crippen LogP contribution in [0.5, 0.6) is 0 Å². The van der Waals surface area contributed by atoms with Crippen LogP contribution in [0.15, 0.2) is 47.5 Å². The normalized spacial score (nSPS) is 24.7. The molecule has 0 bridgehead atoms. The molecule has 1 aromatic heterocycles. The molecular weight excluding hydrogens is 489 g/mol. The Labute approximate surface area is 198 Å². The van der Waals surface area contributed by atoms with Crippen molar-refractivity contribution < 1.29 is 35.9 Å². The Balaban J connectivity index is 1.30. The third-order valence-electron chi connectivity index (χ3n) is 6.56. The zero-order valence-corrected chi connectivity index (χ0v) is 19.1. The number of urea groups is 1. The van der Waals surface area contributed by atoms with Crippen molar-refractivity contribution in [3.63, 3.8) is 0 Å². The maximum Gasteiger partial charge on any atom is 0.501 e. The highest BCUT2D eigenvalue weighted by atomic mass is 32.2. The molecule has 5 rings (SSSR count). The quantitative estimate of drug-likeness (QED) is 0.615. The van der Waals surface area contributed by atoms with Crippen molar-refractivity contribution in [2.75, 3.05) is 36.1 Å². The highest BCUT2D eigenvalue weighted by molar-refractivity contribution is 7.92. The fourth-order valence-corrected chi connectivity index (χ4v) is 5.32. The second-order valence-electron chi connectivity index (χ2n) is 8.71. The van der Waals surface area contributed by atoms with E-state index < -0.39 is 37.7 Å². The number of hydrogen-bond donors (Lipinski definition) is 1. The number of anilines is 2. The highest BCUT2D eigenvalue weighted by Gasteiger charge is 2.67. The lowest BCUT2D eigenvalue weighted by atomic mass is 10.1. The zero-order chi connectivity index (χ0) is 25.0. The van der Waals surface area contributed by atoms with Gasteiger partial charge in [-0.2, -0.15) is 13.2 Å². The number of carbonyl (C=O) groups is 2. The van der Waals surface area contributed by atoms with Crippen LogP contribution in [-0.2, 0) is 25.8 Å². The van der Waals surface area contributed by atoms with E-state index in [1.54, 1.807) is 6.20 Å². The van der Waals surface area contributed by atoms with Gasteiger partial charge in [0.1, 0.15) is 11.4 Å². The minimum absolute atomic E-state index is 0.00494. The van der Waals surface area contributed by atoms with Gasteiger partial charge in [0.25, 0.3) is 15.7 Å². The number of carbonyl (C=O) groups excluding carboxylic acids is 2. The van der Waals surface area contributed by atoms with E-state index in [0.29, 0.717) is 26.1 Å². The van der Waals surface area contributed by atoms with Crippen molar-refractivity contribution in [1.82, 2.24) is 10.3 Å². The van der Waals surface area contributed by atoms with Gasteiger partial charge in [0.15, 0.2) is 0 Å². The van der Waals surface area contributed by atoms with Crippen LogP contribution in [0.4, 0.5) is 29.5 Å². The van der Waals surface area contributed by atoms with Gasteiger partial charge in [0.05, 0.1) is 23.8 Å². The van der Waals surface area contributed by atoms with Crippen LogP contribution in [0.1, 0.15) is 12.0 Å². The molecule has 3 amide bonds. The van der Waals surface area contributed by atoms with Crippen LogP contribution in [0.2, 0.25) is 0 Å². The molecule has 1 saturated carbocycles. The van der Waals surface area contributed by atoms with Crippen LogP contribution >= 0.6 is 0 Å². The first-order chi connectivity index (χ1) is 16.5. The van der Waals surface area contributed by atoms with E-state index in [2.05, 4.69) is 15.2 Å². The first-order valence-corrected chi connectivity index (χ1v) is 12.4. The predicted molar refractivity (Wildman–Crippen MR) is 118 cm³/mol. The van der Waals surface area contributed by atoms with E-state index in [1.807, 2.05) is 12.1 Å². The Morgan fingerprint density at radius 3 is 2.46 bits per heavy atom. The lowest BCUT2D eigenvalue weighted by Crippen LogP contribution is -2.36. The van der Waals surface area contributed by atoms with Gasteiger partial charge >= 0.3 is 11.5 Å². The van der Waals surface area contributed by atoms with Crippen LogP contribution < -0.4 is 15.1 Å². The molecule has 2 aliphatic heterocycles. The maximum atomic E-state index is 13.2. The summed E-state index contributed by atoms with van der Waals surface area (Å²) in [4.78, 5) is 32.2. The van der Waals surface area contributed by atoms with E-state index in [9.17, 15) is 31.2 Å². The number of rotatable bonds is 5. The number of pyridine rings is 1. The van der Waals surface area contributed by atoms with Crippen molar-refractivity contribution in [2.24, 2.45) is 5.92 Å². The van der Waals surface area contributed by atoms with Gasteiger partial charge in [-0.1, -0.05) is 0 Å². The molecule has 3 aliphatic rings. The summed E-state index contributed by atoms with van der Waals surface area (Å²) in [5.74, 6) is 0.146. The topological polar surface area (TPSA) is 109 Å². The number of amides is 3. The number of imide groups is 1. The molecule has 9 nitrogen and oxygen atoms in total. The first kappa shape index (κ1) is 23.5. The van der Waals surface area contributed by atoms with Gasteiger partial charge in [-0.3, -0.25) is 4.79 Å². The minimum Gasteiger partial charge on any atom is -0.378 e. The molecule has 2 aromatic rings. The van der Waals surface area contributed by atoms with E-state index in [0.717, 1.165) is 53.6 Å². The van der Waals surface area contributed by atoms with Crippen molar-refractivity contribution in [3.8, 4) is 0 Å². The van der Waals surface area contributed by atoms with Crippen molar-refractivity contribution in [1.29, 1.82) is 0 Å². The molecule has 1 N–H and O–H groups in total. The largest absolute Gasteiger partial charge is 0.501 e. The Morgan fingerprint density at radius 1 is 1.11 bits per heavy atom. The smallest absolute Gasteiger partial charge is 0.378 e. The summed E-state index contributed by atoms with van der Waals surface area (Å²) in [7, 11) is -5.53. The summed E-state index contributed by atoms with van der Waals surface area (Å²) < 4.78 is 66.8. The Morgan fingerprint density at radius 2 is 1.80 bits per heavy atom. The van der Waals surface area contributed by atoms with E-state index in [4.69, 9.17) is 4.74 Å². The van der Waals surface area contributed by atoms with Gasteiger partial charge < -0.3 is 15.0 Å². The van der Waals surface area contributed by atoms with E-state index in [1.165, 1.54) is 0 Å². The molecule has 1 spiro atoms. The predicted octanol–water partition coefficient (Wildman–Crippen LogP) is 2.27. The van der Waals surface area contributed by atoms with E-state index >= 15 is 0 Å². The molecule has 13 heteroatoms. The summed E-state index contributed by atoms with van der Waals surface area (Å²) >= 11 is 0. The fraction of sp³-hybridized carbons (Fsp3) is 0.409. The molecule has 186 valence electrons. The summed E-state index contributed by atoms with van der Waals surface area (Å²) in [5.41, 5.74) is -5.58. The lowest BCUT2D eigenvalue weighted by molar-refractivity contribution is -0.119. The molecule has 3 heterocycles. The second kappa shape index (κ2) is 8.19. The Kier molecular flexibility index (Phi) is 5.51. The van der Waals surface area contributed by atoms with Crippen LogP contribution in [-0.4, -0.2) is 62.7 Å². The molecule has 35 heavy (non-hydrogen) atoms. The highest BCUT2D eigenvalue weighted by Crippen LogP contribution is 2.50. The first-order valence-electron chi connectivity index (χ1n) is 10.9. The average molecular weight is 510 g/mol. The molecule has 1 aromatic carbocycles. The fourth-order valence-electron chi connectivity index (χ4n) is 4.56. The Hall–Kier alpha value is -3.19. The van der Waals surface area contributed by atoms with Crippen molar-refractivity contribution in [3.05, 3.63) is 48.2 Å². The number of benzene rings is 1. The minimum atomic E-state index is -5.53. The lowest BCUT2D eigenvalue weighted by Gasteiger charge is -2.28. The third-order valence-corrected chi connectivity index (χ3v) is 8.06. The average Bonchev–Trinajstić information content (AvgIpc) is 3.44. The van der Waals surface area contributed by atoms with Gasteiger partial charge in [-0.15, -0.1) is 0 Å². The summed E-state index contributed by atoms with van der Waals surface area (Å²) in [6, 6.07) is 6.61. The van der Waals surface area contributed by atoms with Gasteiger partial charge in [0.2, 0.25) is 0 Å². The number of morpholine rings is 1. The number of ether oxygens (including phenoxy) is 1. The number of nitrogens with one attached hydrogen (secondary N) is 1. The second-order valence-corrected chi connectivity index (χ2v) is 10.7. The number of nitrogens with zero attached hydrogens (tertiary/aromatic N) is 3. The molecule has 3 fully saturated rings. The van der Waals surface area contributed by atoms with Crippen LogP contribution in [0.3, 0.4) is 0 Å². The number of hydrogen-bond acceptors (Lipinski definition) is 7. The SMILES string of the molecule is O=C1NC2(CC2Cc2ccnc(N3CCOCC3)c2)C(=O)N1c1ccc(S(=O)(=O)C(F)(F)F)cc1. The van der Waals surface area contributed by atoms with Gasteiger partial charge in [-0.25, -0.2) is 23.1 Å². The monoisotopic (exact) mass is 510 g/mol. The summed E-state index contributed by atoms with van der Waals surface area (Å²) in [5, 5.41) is 2.72. The standard InChI is InChI=1S/C22H21F3N4O5S/c23-22(24,25)35(32,33)17-3-1-16(2-4-17)29-19(30)21(27-20(29)31)13-15(21)11-14-5-6-26-18(12-14)28-7-9-34-10-8-28/h1-6,12,15H,7-11,13H2,(H,27,31). The van der Waals surface area contributed by atoms with Crippen molar-refractivity contribution in [2.45, 2.75) is 28.8 Å². The van der Waals surface area contributed by atoms with Crippen molar-refractivity contribution >= 4 is 33.3 Å². The molecule has 2 atom stereocenters. The Bertz CT molecular complexity index is 1280. The summed E-state index contributed by atoms with van der Waals surface area (Å²) in [6.07, 6.45) is 2.65. The maximum absolute atomic E-state index is 13.2. The number of sulfone groups is 1. The number of halogens is 3. The van der Waals surface area contributed by atoms with Crippen LogP contribution in [0.25, 0.3) is 0 Å². The molecular formula is C22H21F3N4O5S. The molecule has 2 unspecified atom stereocenters. The molecule has 0 radical (unpaired) electrons. The van der Waals surface area contributed by atoms with E-state index in [-0.39, 0.29) is 11.6 Å². The number of aromatic nitrogens is 1. The third kappa shape index (κ3) is 4.01. The molecule has 1 aliphatic carbocycles. The number of alkyl halides is 3. The zero-order valence-electron chi connectivity index (χ0n) is 18.3. The summed E-state index contributed by atoms with van der Waals surface area (Å²) in [6.45, 7) is 2.71.